The molecule has 2 nitrogen and oxygen atoms in total. The predicted octanol–water partition coefficient (Wildman–Crippen LogP) is 3.57. The van der Waals surface area contributed by atoms with Gasteiger partial charge in [-0.25, -0.2) is 4.98 Å². The number of hydrogen-bond acceptors (Lipinski definition) is 2. The summed E-state index contributed by atoms with van der Waals surface area (Å²) in [4.78, 5) is 4.43. The van der Waals surface area contributed by atoms with Crippen molar-refractivity contribution in [2.45, 2.75) is 18.9 Å². The number of pyridine rings is 1. The van der Waals surface area contributed by atoms with Crippen LogP contribution in [-0.2, 0) is 0 Å². The lowest BCUT2D eigenvalue weighted by molar-refractivity contribution is 1.12. The predicted molar refractivity (Wildman–Crippen MR) is 66.1 cm³/mol. The Hall–Kier alpha value is -1.09. The van der Waals surface area contributed by atoms with Crippen molar-refractivity contribution < 1.29 is 0 Å². The summed E-state index contributed by atoms with van der Waals surface area (Å²) >= 11 is 3.52. The van der Waals surface area contributed by atoms with Crippen molar-refractivity contribution in [3.05, 3.63) is 34.9 Å². The highest BCUT2D eigenvalue weighted by Gasteiger charge is 2.22. The van der Waals surface area contributed by atoms with Crippen LogP contribution in [0.5, 0.6) is 0 Å². The largest absolute Gasteiger partial charge is 0.367 e. The Morgan fingerprint density at radius 3 is 2.67 bits per heavy atom. The molecule has 0 radical (unpaired) electrons. The van der Waals surface area contributed by atoms with E-state index in [-0.39, 0.29) is 0 Å². The molecule has 0 unspecified atom stereocenters. The van der Waals surface area contributed by atoms with Crippen LogP contribution in [0.3, 0.4) is 0 Å². The topological polar surface area (TPSA) is 24.9 Å². The lowest BCUT2D eigenvalue weighted by Gasteiger charge is -2.08. The molecule has 0 aliphatic heterocycles. The third-order valence-corrected chi connectivity index (χ3v) is 3.30. The molecule has 0 atom stereocenters. The van der Waals surface area contributed by atoms with E-state index in [0.29, 0.717) is 6.04 Å². The van der Waals surface area contributed by atoms with Gasteiger partial charge in [0.1, 0.15) is 5.82 Å². The van der Waals surface area contributed by atoms with E-state index in [2.05, 4.69) is 44.4 Å². The van der Waals surface area contributed by atoms with Crippen molar-refractivity contribution >= 4 is 32.5 Å². The normalized spacial score (nSPS) is 15.5. The molecule has 1 heterocycles. The summed E-state index contributed by atoms with van der Waals surface area (Å²) in [5.41, 5.74) is 0. The maximum atomic E-state index is 4.43. The Morgan fingerprint density at radius 2 is 1.93 bits per heavy atom. The zero-order valence-electron chi connectivity index (χ0n) is 8.20. The van der Waals surface area contributed by atoms with Crippen LogP contribution >= 0.6 is 15.9 Å². The fourth-order valence-corrected chi connectivity index (χ4v) is 2.14. The van der Waals surface area contributed by atoms with Crippen LogP contribution in [0.25, 0.3) is 10.8 Å². The fourth-order valence-electron chi connectivity index (χ4n) is 1.69. The first-order valence-corrected chi connectivity index (χ1v) is 5.93. The molecule has 1 aromatic carbocycles. The van der Waals surface area contributed by atoms with Gasteiger partial charge >= 0.3 is 0 Å². The average Bonchev–Trinajstić information content (AvgIpc) is 3.07. The van der Waals surface area contributed by atoms with Crippen LogP contribution in [0.4, 0.5) is 5.82 Å². The highest BCUT2D eigenvalue weighted by Crippen LogP contribution is 2.31. The Morgan fingerprint density at radius 1 is 1.20 bits per heavy atom. The van der Waals surface area contributed by atoms with Crippen LogP contribution in [0.1, 0.15) is 12.8 Å². The van der Waals surface area contributed by atoms with Crippen LogP contribution in [0.2, 0.25) is 0 Å². The number of rotatable bonds is 2. The van der Waals surface area contributed by atoms with Gasteiger partial charge in [-0.2, -0.15) is 0 Å². The lowest BCUT2D eigenvalue weighted by Crippen LogP contribution is -2.03. The van der Waals surface area contributed by atoms with Crippen molar-refractivity contribution in [2.24, 2.45) is 0 Å². The van der Waals surface area contributed by atoms with E-state index in [1.54, 1.807) is 0 Å². The summed E-state index contributed by atoms with van der Waals surface area (Å²) in [6.07, 6.45) is 4.41. The third kappa shape index (κ3) is 1.72. The van der Waals surface area contributed by atoms with Crippen LogP contribution in [0, 0.1) is 0 Å². The van der Waals surface area contributed by atoms with Crippen LogP contribution < -0.4 is 5.32 Å². The SMILES string of the molecule is Brc1cnc(NC2CC2)c2ccccc12. The molecule has 0 spiro atoms. The minimum Gasteiger partial charge on any atom is -0.367 e. The molecule has 0 bridgehead atoms. The minimum absolute atomic E-state index is 0.641. The second-order valence-corrected chi connectivity index (χ2v) is 4.77. The van der Waals surface area contributed by atoms with Crippen molar-refractivity contribution in [1.82, 2.24) is 4.98 Å². The molecule has 3 rings (SSSR count). The van der Waals surface area contributed by atoms with Gasteiger partial charge in [-0.15, -0.1) is 0 Å². The van der Waals surface area contributed by atoms with Crippen LogP contribution in [-0.4, -0.2) is 11.0 Å². The van der Waals surface area contributed by atoms with E-state index in [1.807, 2.05) is 12.3 Å². The number of halogens is 1. The summed E-state index contributed by atoms with van der Waals surface area (Å²) in [6.45, 7) is 0. The van der Waals surface area contributed by atoms with Crippen molar-refractivity contribution in [3.63, 3.8) is 0 Å². The molecule has 1 aliphatic carbocycles. The van der Waals surface area contributed by atoms with Gasteiger partial charge in [-0.05, 0) is 28.8 Å². The summed E-state index contributed by atoms with van der Waals surface area (Å²) < 4.78 is 1.06. The number of benzene rings is 1. The van der Waals surface area contributed by atoms with Gasteiger partial charge in [0.15, 0.2) is 0 Å². The number of hydrogen-bond donors (Lipinski definition) is 1. The second kappa shape index (κ2) is 3.49. The van der Waals surface area contributed by atoms with E-state index < -0.39 is 0 Å². The molecule has 1 aliphatic rings. The number of aromatic nitrogens is 1. The van der Waals surface area contributed by atoms with E-state index in [1.165, 1.54) is 23.6 Å². The maximum absolute atomic E-state index is 4.43. The van der Waals surface area contributed by atoms with E-state index in [4.69, 9.17) is 0 Å². The molecule has 76 valence electrons. The van der Waals surface area contributed by atoms with Crippen molar-refractivity contribution in [3.8, 4) is 0 Å². The molecular formula is C12H11BrN2. The molecule has 15 heavy (non-hydrogen) atoms. The summed E-state index contributed by atoms with van der Waals surface area (Å²) in [7, 11) is 0. The fraction of sp³-hybridized carbons (Fsp3) is 0.250. The summed E-state index contributed by atoms with van der Waals surface area (Å²) in [5.74, 6) is 1.01. The molecule has 3 heteroatoms. The molecular weight excluding hydrogens is 252 g/mol. The Bertz CT molecular complexity index is 506. The van der Waals surface area contributed by atoms with Gasteiger partial charge in [0, 0.05) is 27.5 Å². The van der Waals surface area contributed by atoms with E-state index >= 15 is 0 Å². The molecule has 0 saturated heterocycles. The first-order chi connectivity index (χ1) is 7.34. The van der Waals surface area contributed by atoms with Gasteiger partial charge in [0.2, 0.25) is 0 Å². The van der Waals surface area contributed by atoms with Crippen molar-refractivity contribution in [1.29, 1.82) is 0 Å². The molecule has 1 fully saturated rings. The van der Waals surface area contributed by atoms with Gasteiger partial charge in [-0.1, -0.05) is 24.3 Å². The Kier molecular flexibility index (Phi) is 2.13. The molecule has 1 saturated carbocycles. The highest BCUT2D eigenvalue weighted by atomic mass is 79.9. The van der Waals surface area contributed by atoms with E-state index in [0.717, 1.165) is 10.3 Å². The van der Waals surface area contributed by atoms with Crippen LogP contribution in [0.15, 0.2) is 34.9 Å². The number of fused-ring (bicyclic) bond motifs is 1. The Labute approximate surface area is 96.8 Å². The Balaban J connectivity index is 2.16. The van der Waals surface area contributed by atoms with E-state index in [9.17, 15) is 0 Å². The second-order valence-electron chi connectivity index (χ2n) is 3.92. The first kappa shape index (κ1) is 9.16. The monoisotopic (exact) mass is 262 g/mol. The first-order valence-electron chi connectivity index (χ1n) is 5.14. The summed E-state index contributed by atoms with van der Waals surface area (Å²) in [6, 6.07) is 8.96. The standard InChI is InChI=1S/C12H11BrN2/c13-11-7-14-12(15-8-5-6-8)10-4-2-1-3-9(10)11/h1-4,7-8H,5-6H2,(H,14,15). The van der Waals surface area contributed by atoms with Gasteiger partial charge in [0.05, 0.1) is 0 Å². The molecule has 0 amide bonds. The number of nitrogens with one attached hydrogen (secondary N) is 1. The quantitative estimate of drug-likeness (QED) is 0.895. The molecule has 1 aromatic heterocycles. The third-order valence-electron chi connectivity index (χ3n) is 2.66. The number of nitrogens with zero attached hydrogens (tertiary/aromatic N) is 1. The summed E-state index contributed by atoms with van der Waals surface area (Å²) in [5, 5.41) is 5.87. The molecule has 2 aromatic rings. The average molecular weight is 263 g/mol. The zero-order chi connectivity index (χ0) is 10.3. The van der Waals surface area contributed by atoms with Gasteiger partial charge < -0.3 is 5.32 Å². The minimum atomic E-state index is 0.641. The maximum Gasteiger partial charge on any atom is 0.134 e. The highest BCUT2D eigenvalue weighted by molar-refractivity contribution is 9.10. The smallest absolute Gasteiger partial charge is 0.134 e. The zero-order valence-corrected chi connectivity index (χ0v) is 9.79. The van der Waals surface area contributed by atoms with Gasteiger partial charge in [-0.3, -0.25) is 0 Å². The number of anilines is 1. The van der Waals surface area contributed by atoms with Crippen molar-refractivity contribution in [2.75, 3.05) is 5.32 Å². The van der Waals surface area contributed by atoms with Gasteiger partial charge in [0.25, 0.3) is 0 Å². The molecule has 1 N–H and O–H groups in total. The lowest BCUT2D eigenvalue weighted by atomic mass is 10.1.